The lowest BCUT2D eigenvalue weighted by molar-refractivity contribution is 0.396. The molecule has 1 aromatic rings. The number of ether oxygens (including phenoxy) is 1. The molecule has 0 spiro atoms. The first-order valence-corrected chi connectivity index (χ1v) is 7.49. The molecule has 110 valence electrons. The maximum atomic E-state index is 13.6. The largest absolute Gasteiger partial charge is 0.496 e. The maximum absolute atomic E-state index is 13.6. The minimum absolute atomic E-state index is 0.120. The van der Waals surface area contributed by atoms with Crippen LogP contribution in [0.3, 0.4) is 0 Å². The van der Waals surface area contributed by atoms with Crippen molar-refractivity contribution >= 4 is 0 Å². The Balaban J connectivity index is 2.22. The Morgan fingerprint density at radius 2 is 2.20 bits per heavy atom. The quantitative estimate of drug-likeness (QED) is 0.779. The van der Waals surface area contributed by atoms with E-state index in [0.29, 0.717) is 0 Å². The monoisotopic (exact) mass is 277 g/mol. The van der Waals surface area contributed by atoms with Crippen LogP contribution in [0.4, 0.5) is 4.39 Å². The standard InChI is InChI=1S/C17H24FNO/c1-3-19-16(11-13-7-5-4-6-8-13)15-12-14(18)9-10-17(15)20-2/h7,9-10,12,16,19H,3-6,8,11H2,1-2H3. The summed E-state index contributed by atoms with van der Waals surface area (Å²) in [6.45, 7) is 2.94. The summed E-state index contributed by atoms with van der Waals surface area (Å²) in [5.41, 5.74) is 2.40. The van der Waals surface area contributed by atoms with Crippen LogP contribution in [0.25, 0.3) is 0 Å². The highest BCUT2D eigenvalue weighted by Crippen LogP contribution is 2.32. The molecule has 0 heterocycles. The van der Waals surface area contributed by atoms with E-state index in [0.717, 1.165) is 24.3 Å². The Morgan fingerprint density at radius 3 is 2.85 bits per heavy atom. The smallest absolute Gasteiger partial charge is 0.123 e. The van der Waals surface area contributed by atoms with Crippen LogP contribution in [0.1, 0.15) is 50.6 Å². The summed E-state index contributed by atoms with van der Waals surface area (Å²) in [7, 11) is 1.64. The molecule has 1 atom stereocenters. The van der Waals surface area contributed by atoms with Crippen molar-refractivity contribution in [3.05, 3.63) is 41.2 Å². The Hall–Kier alpha value is -1.35. The molecule has 0 fully saturated rings. The second kappa shape index (κ2) is 7.44. The minimum Gasteiger partial charge on any atom is -0.496 e. The van der Waals surface area contributed by atoms with Crippen molar-refractivity contribution < 1.29 is 9.13 Å². The fraction of sp³-hybridized carbons (Fsp3) is 0.529. The zero-order chi connectivity index (χ0) is 14.4. The molecule has 20 heavy (non-hydrogen) atoms. The molecule has 1 aromatic carbocycles. The van der Waals surface area contributed by atoms with E-state index >= 15 is 0 Å². The van der Waals surface area contributed by atoms with E-state index in [-0.39, 0.29) is 11.9 Å². The van der Waals surface area contributed by atoms with Gasteiger partial charge in [-0.05, 0) is 56.8 Å². The second-order valence-electron chi connectivity index (χ2n) is 5.31. The molecule has 1 unspecified atom stereocenters. The van der Waals surface area contributed by atoms with Crippen molar-refractivity contribution in [3.8, 4) is 5.75 Å². The molecule has 2 nitrogen and oxygen atoms in total. The molecule has 1 aliphatic rings. The number of halogens is 1. The van der Waals surface area contributed by atoms with Gasteiger partial charge in [0.2, 0.25) is 0 Å². The molecule has 0 aromatic heterocycles. The van der Waals surface area contributed by atoms with Gasteiger partial charge >= 0.3 is 0 Å². The summed E-state index contributed by atoms with van der Waals surface area (Å²) >= 11 is 0. The van der Waals surface area contributed by atoms with Crippen molar-refractivity contribution in [2.24, 2.45) is 0 Å². The summed E-state index contributed by atoms with van der Waals surface area (Å²) < 4.78 is 19.0. The van der Waals surface area contributed by atoms with Crippen LogP contribution < -0.4 is 10.1 Å². The summed E-state index contributed by atoms with van der Waals surface area (Å²) in [4.78, 5) is 0. The van der Waals surface area contributed by atoms with E-state index in [2.05, 4.69) is 18.3 Å². The molecule has 3 heteroatoms. The van der Waals surface area contributed by atoms with Crippen molar-refractivity contribution in [2.45, 2.75) is 45.1 Å². The van der Waals surface area contributed by atoms with Crippen molar-refractivity contribution in [2.75, 3.05) is 13.7 Å². The first-order chi connectivity index (χ1) is 9.74. The van der Waals surface area contributed by atoms with Crippen LogP contribution >= 0.6 is 0 Å². The normalized spacial score (nSPS) is 16.6. The molecular weight excluding hydrogens is 253 g/mol. The fourth-order valence-corrected chi connectivity index (χ4v) is 2.87. The molecule has 0 radical (unpaired) electrons. The number of allylic oxidation sites excluding steroid dienone is 1. The van der Waals surface area contributed by atoms with Gasteiger partial charge in [0.15, 0.2) is 0 Å². The predicted molar refractivity (Wildman–Crippen MR) is 80.5 cm³/mol. The molecule has 2 rings (SSSR count). The van der Waals surface area contributed by atoms with E-state index in [1.807, 2.05) is 0 Å². The van der Waals surface area contributed by atoms with Crippen LogP contribution in [-0.2, 0) is 0 Å². The maximum Gasteiger partial charge on any atom is 0.123 e. The third-order valence-electron chi connectivity index (χ3n) is 3.87. The van der Waals surface area contributed by atoms with Gasteiger partial charge in [0.05, 0.1) is 7.11 Å². The Bertz CT molecular complexity index is 470. The Labute approximate surface area is 121 Å². The number of benzene rings is 1. The second-order valence-corrected chi connectivity index (χ2v) is 5.31. The highest BCUT2D eigenvalue weighted by Gasteiger charge is 2.18. The van der Waals surface area contributed by atoms with Gasteiger partial charge in [-0.1, -0.05) is 18.6 Å². The topological polar surface area (TPSA) is 21.3 Å². The Morgan fingerprint density at radius 1 is 1.35 bits per heavy atom. The molecule has 0 aliphatic heterocycles. The van der Waals surface area contributed by atoms with Crippen LogP contribution in [0.5, 0.6) is 5.75 Å². The van der Waals surface area contributed by atoms with Crippen LogP contribution in [0.2, 0.25) is 0 Å². The SMILES string of the molecule is CCNC(CC1=CCCCC1)c1cc(F)ccc1OC. The van der Waals surface area contributed by atoms with E-state index in [9.17, 15) is 4.39 Å². The van der Waals surface area contributed by atoms with E-state index in [1.54, 1.807) is 19.2 Å². The average molecular weight is 277 g/mol. The molecular formula is C17H24FNO. The van der Waals surface area contributed by atoms with Gasteiger partial charge in [-0.25, -0.2) is 4.39 Å². The fourth-order valence-electron chi connectivity index (χ4n) is 2.87. The van der Waals surface area contributed by atoms with E-state index in [1.165, 1.54) is 37.3 Å². The Kier molecular flexibility index (Phi) is 5.60. The van der Waals surface area contributed by atoms with E-state index < -0.39 is 0 Å². The lowest BCUT2D eigenvalue weighted by Gasteiger charge is -2.23. The lowest BCUT2D eigenvalue weighted by atomic mass is 9.91. The third-order valence-corrected chi connectivity index (χ3v) is 3.87. The molecule has 0 amide bonds. The highest BCUT2D eigenvalue weighted by molar-refractivity contribution is 5.37. The molecule has 0 saturated carbocycles. The number of methoxy groups -OCH3 is 1. The van der Waals surface area contributed by atoms with Gasteiger partial charge in [0.1, 0.15) is 11.6 Å². The van der Waals surface area contributed by atoms with Gasteiger partial charge in [-0.2, -0.15) is 0 Å². The van der Waals surface area contributed by atoms with Gasteiger partial charge in [0, 0.05) is 11.6 Å². The van der Waals surface area contributed by atoms with Gasteiger partial charge in [-0.15, -0.1) is 0 Å². The van der Waals surface area contributed by atoms with Crippen LogP contribution in [0, 0.1) is 5.82 Å². The zero-order valence-electron chi connectivity index (χ0n) is 12.4. The first kappa shape index (κ1) is 15.0. The molecule has 1 aliphatic carbocycles. The lowest BCUT2D eigenvalue weighted by Crippen LogP contribution is -2.22. The van der Waals surface area contributed by atoms with Crippen molar-refractivity contribution in [1.82, 2.24) is 5.32 Å². The van der Waals surface area contributed by atoms with Crippen molar-refractivity contribution in [1.29, 1.82) is 0 Å². The summed E-state index contributed by atoms with van der Waals surface area (Å²) in [5, 5.41) is 3.46. The molecule has 0 saturated heterocycles. The minimum atomic E-state index is -0.207. The average Bonchev–Trinajstić information content (AvgIpc) is 2.48. The summed E-state index contributed by atoms with van der Waals surface area (Å²) in [6, 6.07) is 4.88. The summed E-state index contributed by atoms with van der Waals surface area (Å²) in [5.74, 6) is 0.551. The van der Waals surface area contributed by atoms with Gasteiger partial charge in [0.25, 0.3) is 0 Å². The van der Waals surface area contributed by atoms with Crippen LogP contribution in [0.15, 0.2) is 29.8 Å². The highest BCUT2D eigenvalue weighted by atomic mass is 19.1. The number of nitrogens with one attached hydrogen (secondary N) is 1. The number of hydrogen-bond acceptors (Lipinski definition) is 2. The number of rotatable bonds is 6. The summed E-state index contributed by atoms with van der Waals surface area (Å²) in [6.07, 6.45) is 8.19. The number of hydrogen-bond donors (Lipinski definition) is 1. The molecule has 0 bridgehead atoms. The molecule has 1 N–H and O–H groups in total. The zero-order valence-corrected chi connectivity index (χ0v) is 12.4. The third kappa shape index (κ3) is 3.83. The van der Waals surface area contributed by atoms with Crippen LogP contribution in [-0.4, -0.2) is 13.7 Å². The first-order valence-electron chi connectivity index (χ1n) is 7.49. The predicted octanol–water partition coefficient (Wildman–Crippen LogP) is 4.38. The van der Waals surface area contributed by atoms with Gasteiger partial charge < -0.3 is 10.1 Å². The van der Waals surface area contributed by atoms with Gasteiger partial charge in [-0.3, -0.25) is 0 Å². The van der Waals surface area contributed by atoms with E-state index in [4.69, 9.17) is 4.74 Å². The van der Waals surface area contributed by atoms with Crippen molar-refractivity contribution in [3.63, 3.8) is 0 Å².